The highest BCUT2D eigenvalue weighted by atomic mass is 35.5. The average molecular weight is 531 g/mol. The van der Waals surface area contributed by atoms with Gasteiger partial charge in [-0.05, 0) is 30.7 Å². The summed E-state index contributed by atoms with van der Waals surface area (Å²) >= 11 is 17.6. The third-order valence-corrected chi connectivity index (χ3v) is 5.64. The van der Waals surface area contributed by atoms with Crippen molar-refractivity contribution in [3.8, 4) is 0 Å². The molecule has 1 aliphatic carbocycles. The molecule has 0 bridgehead atoms. The Balaban J connectivity index is 1.84. The number of anilines is 3. The second-order valence-electron chi connectivity index (χ2n) is 6.86. The van der Waals surface area contributed by atoms with Crippen molar-refractivity contribution in [3.05, 3.63) is 52.3 Å². The number of alkyl halides is 4. The van der Waals surface area contributed by atoms with Gasteiger partial charge in [0.1, 0.15) is 4.33 Å². The van der Waals surface area contributed by atoms with Crippen LogP contribution >= 0.6 is 34.8 Å². The summed E-state index contributed by atoms with van der Waals surface area (Å²) in [7, 11) is 0. The molecule has 14 heteroatoms. The summed E-state index contributed by atoms with van der Waals surface area (Å²) in [5, 5.41) is 5.60. The van der Waals surface area contributed by atoms with E-state index in [2.05, 4.69) is 5.32 Å². The van der Waals surface area contributed by atoms with Crippen LogP contribution in [0.2, 0.25) is 5.02 Å². The smallest absolute Gasteiger partial charge is 0.315 e. The topological polar surface area (TPSA) is 87.3 Å². The van der Waals surface area contributed by atoms with E-state index in [1.807, 2.05) is 5.32 Å². The minimum atomic E-state index is -3.56. The lowest BCUT2D eigenvalue weighted by atomic mass is 10.1. The van der Waals surface area contributed by atoms with E-state index in [9.17, 15) is 36.3 Å². The van der Waals surface area contributed by atoms with Crippen molar-refractivity contribution >= 4 is 69.6 Å². The summed E-state index contributed by atoms with van der Waals surface area (Å²) in [4.78, 5) is 35.8. The molecule has 1 fully saturated rings. The quantitative estimate of drug-likeness (QED) is 0.268. The number of amides is 3. The number of carbonyl (C=O) groups excluding carboxylic acids is 3. The van der Waals surface area contributed by atoms with Crippen molar-refractivity contribution in [2.75, 3.05) is 16.0 Å². The molecule has 0 spiro atoms. The SMILES string of the molecule is O=C(Nc1cc(NC(=O)C(F)F)c(F)c(F)c1F)c1cc(NC(=O)C2CC2(Cl)Cl)ccc1Cl. The van der Waals surface area contributed by atoms with Gasteiger partial charge in [0.05, 0.1) is 27.9 Å². The van der Waals surface area contributed by atoms with Crippen LogP contribution in [0.25, 0.3) is 0 Å². The third kappa shape index (κ3) is 5.48. The highest BCUT2D eigenvalue weighted by molar-refractivity contribution is 6.52. The van der Waals surface area contributed by atoms with E-state index in [0.29, 0.717) is 6.07 Å². The fourth-order valence-corrected chi connectivity index (χ4v) is 3.38. The maximum absolute atomic E-state index is 14.1. The van der Waals surface area contributed by atoms with Gasteiger partial charge < -0.3 is 16.0 Å². The second kappa shape index (κ2) is 9.32. The Morgan fingerprint density at radius 1 is 0.939 bits per heavy atom. The van der Waals surface area contributed by atoms with Crippen molar-refractivity contribution in [1.29, 1.82) is 0 Å². The summed E-state index contributed by atoms with van der Waals surface area (Å²) in [6.45, 7) is 0. The van der Waals surface area contributed by atoms with Gasteiger partial charge in [-0.1, -0.05) is 11.6 Å². The summed E-state index contributed by atoms with van der Waals surface area (Å²) in [6, 6.07) is 4.10. The zero-order valence-corrected chi connectivity index (χ0v) is 18.2. The van der Waals surface area contributed by atoms with E-state index in [1.54, 1.807) is 0 Å². The van der Waals surface area contributed by atoms with Gasteiger partial charge in [-0.25, -0.2) is 13.2 Å². The van der Waals surface area contributed by atoms with Crippen LogP contribution < -0.4 is 16.0 Å². The molecule has 2 aromatic carbocycles. The van der Waals surface area contributed by atoms with Gasteiger partial charge in [0, 0.05) is 5.69 Å². The highest BCUT2D eigenvalue weighted by Gasteiger charge is 2.56. The van der Waals surface area contributed by atoms with E-state index in [4.69, 9.17) is 34.8 Å². The molecular weight excluding hydrogens is 520 g/mol. The molecule has 1 atom stereocenters. The Bertz CT molecular complexity index is 1160. The molecule has 1 saturated carbocycles. The lowest BCUT2D eigenvalue weighted by Gasteiger charge is -2.13. The Morgan fingerprint density at radius 3 is 2.06 bits per heavy atom. The van der Waals surface area contributed by atoms with Gasteiger partial charge in [0.15, 0.2) is 17.5 Å². The first-order chi connectivity index (χ1) is 15.3. The zero-order valence-electron chi connectivity index (χ0n) is 15.9. The molecule has 1 unspecified atom stereocenters. The van der Waals surface area contributed by atoms with Crippen molar-refractivity contribution in [3.63, 3.8) is 0 Å². The van der Waals surface area contributed by atoms with E-state index in [-0.39, 0.29) is 22.7 Å². The van der Waals surface area contributed by atoms with E-state index in [1.165, 1.54) is 17.4 Å². The lowest BCUT2D eigenvalue weighted by molar-refractivity contribution is -0.126. The van der Waals surface area contributed by atoms with E-state index >= 15 is 0 Å². The predicted molar refractivity (Wildman–Crippen MR) is 112 cm³/mol. The number of benzene rings is 2. The molecule has 1 aliphatic rings. The van der Waals surface area contributed by atoms with Crippen LogP contribution in [0.15, 0.2) is 24.3 Å². The van der Waals surface area contributed by atoms with Crippen LogP contribution in [-0.2, 0) is 9.59 Å². The molecule has 0 saturated heterocycles. The van der Waals surface area contributed by atoms with Gasteiger partial charge in [-0.2, -0.15) is 8.78 Å². The molecule has 6 nitrogen and oxygen atoms in total. The maximum atomic E-state index is 14.1. The number of nitrogens with one attached hydrogen (secondary N) is 3. The fourth-order valence-electron chi connectivity index (χ4n) is 2.67. The number of hydrogen-bond donors (Lipinski definition) is 3. The molecule has 2 aromatic rings. The Hall–Kier alpha value is -2.63. The third-order valence-electron chi connectivity index (χ3n) is 4.47. The van der Waals surface area contributed by atoms with Crippen molar-refractivity contribution in [2.45, 2.75) is 17.2 Å². The molecule has 33 heavy (non-hydrogen) atoms. The molecule has 0 heterocycles. The minimum absolute atomic E-state index is 0.0984. The first-order valence-electron chi connectivity index (χ1n) is 8.88. The minimum Gasteiger partial charge on any atom is -0.326 e. The first kappa shape index (κ1) is 25.0. The van der Waals surface area contributed by atoms with Crippen molar-refractivity contribution in [2.24, 2.45) is 5.92 Å². The lowest BCUT2D eigenvalue weighted by Crippen LogP contribution is -2.22. The highest BCUT2D eigenvalue weighted by Crippen LogP contribution is 2.53. The van der Waals surface area contributed by atoms with Gasteiger partial charge >= 0.3 is 6.43 Å². The fraction of sp³-hybridized carbons (Fsp3) is 0.211. The molecule has 0 radical (unpaired) electrons. The van der Waals surface area contributed by atoms with E-state index < -0.39 is 63.2 Å². The second-order valence-corrected chi connectivity index (χ2v) is 8.81. The number of hydrogen-bond acceptors (Lipinski definition) is 3. The summed E-state index contributed by atoms with van der Waals surface area (Å²) in [5.74, 6) is -10.2. The van der Waals surface area contributed by atoms with Gasteiger partial charge in [0.2, 0.25) is 5.91 Å². The maximum Gasteiger partial charge on any atom is 0.315 e. The normalized spacial score (nSPS) is 16.3. The molecule has 0 aromatic heterocycles. The molecule has 0 aliphatic heterocycles. The van der Waals surface area contributed by atoms with Crippen LogP contribution in [0.4, 0.5) is 39.0 Å². The van der Waals surface area contributed by atoms with E-state index in [0.717, 1.165) is 6.07 Å². The Morgan fingerprint density at radius 2 is 1.52 bits per heavy atom. The average Bonchev–Trinajstić information content (AvgIpc) is 3.39. The monoisotopic (exact) mass is 529 g/mol. The molecule has 3 rings (SSSR count). The number of carbonyl (C=O) groups is 3. The van der Waals surface area contributed by atoms with Crippen molar-refractivity contribution in [1.82, 2.24) is 0 Å². The standard InChI is InChI=1S/C19H11Cl3F5N3O3/c20-9-2-1-6(28-17(32)8-5-19(8,21)22)3-7(9)16(31)29-10-4-11(30-18(33)15(26)27)13(24)14(25)12(10)23/h1-4,8,15H,5H2,(H,28,32)(H,29,31)(H,30,33). The van der Waals surface area contributed by atoms with Gasteiger partial charge in [-0.3, -0.25) is 14.4 Å². The molecular formula is C19H11Cl3F5N3O3. The predicted octanol–water partition coefficient (Wildman–Crippen LogP) is 5.35. The van der Waals surface area contributed by atoms with Crippen LogP contribution in [0.5, 0.6) is 0 Å². The number of rotatable bonds is 6. The van der Waals surface area contributed by atoms with Crippen LogP contribution in [-0.4, -0.2) is 28.5 Å². The van der Waals surface area contributed by atoms with Gasteiger partial charge in [-0.15, -0.1) is 23.2 Å². The zero-order chi connectivity index (χ0) is 24.7. The largest absolute Gasteiger partial charge is 0.326 e. The molecule has 3 amide bonds. The Kier molecular flexibility index (Phi) is 7.06. The summed E-state index contributed by atoms with van der Waals surface area (Å²) in [5.41, 5.74) is -2.31. The summed E-state index contributed by atoms with van der Waals surface area (Å²) in [6.07, 6.45) is -3.34. The molecule has 3 N–H and O–H groups in total. The Labute approximate surface area is 197 Å². The first-order valence-corrected chi connectivity index (χ1v) is 10.0. The van der Waals surface area contributed by atoms with Crippen molar-refractivity contribution < 1.29 is 36.3 Å². The van der Waals surface area contributed by atoms with Crippen LogP contribution in [0.1, 0.15) is 16.8 Å². The summed E-state index contributed by atoms with van der Waals surface area (Å²) < 4.78 is 65.4. The molecule has 176 valence electrons. The number of halogens is 8. The van der Waals surface area contributed by atoms with Crippen LogP contribution in [0.3, 0.4) is 0 Å². The van der Waals surface area contributed by atoms with Crippen LogP contribution in [0, 0.1) is 23.4 Å². The van der Waals surface area contributed by atoms with Gasteiger partial charge in [0.25, 0.3) is 11.8 Å².